The summed E-state index contributed by atoms with van der Waals surface area (Å²) in [7, 11) is 0. The van der Waals surface area contributed by atoms with Crippen molar-refractivity contribution in [3.05, 3.63) is 65.5 Å². The highest BCUT2D eigenvalue weighted by molar-refractivity contribution is 6.22. The molecule has 35 heavy (non-hydrogen) atoms. The van der Waals surface area contributed by atoms with E-state index in [0.29, 0.717) is 25.4 Å². The van der Waals surface area contributed by atoms with Crippen LogP contribution < -0.4 is 10.2 Å². The first kappa shape index (κ1) is 24.6. The summed E-state index contributed by atoms with van der Waals surface area (Å²) in [5.74, 6) is -2.32. The largest absolute Gasteiger partial charge is 0.454 e. The number of morpholine rings is 1. The first-order valence-electron chi connectivity index (χ1n) is 11.4. The predicted octanol–water partition coefficient (Wildman–Crippen LogP) is 1.42. The van der Waals surface area contributed by atoms with E-state index in [-0.39, 0.29) is 29.4 Å². The van der Waals surface area contributed by atoms with Crippen LogP contribution in [0.5, 0.6) is 0 Å². The summed E-state index contributed by atoms with van der Waals surface area (Å²) in [5.41, 5.74) is 0.755. The number of amides is 2. The molecule has 0 spiro atoms. The third-order valence-corrected chi connectivity index (χ3v) is 5.93. The average molecular weight is 483 g/mol. The van der Waals surface area contributed by atoms with Crippen LogP contribution in [-0.2, 0) is 19.1 Å². The summed E-state index contributed by atoms with van der Waals surface area (Å²) >= 11 is 0. The second-order valence-electron chi connectivity index (χ2n) is 8.29. The van der Waals surface area contributed by atoms with Crippen LogP contribution in [0.15, 0.2) is 48.5 Å². The van der Waals surface area contributed by atoms with Crippen molar-refractivity contribution in [1.82, 2.24) is 10.2 Å². The van der Waals surface area contributed by atoms with Crippen molar-refractivity contribution in [1.29, 1.82) is 0 Å². The zero-order valence-corrected chi connectivity index (χ0v) is 19.1. The van der Waals surface area contributed by atoms with Gasteiger partial charge in [0.15, 0.2) is 12.4 Å². The maximum atomic E-state index is 13.0. The Morgan fingerprint density at radius 2 is 1.66 bits per heavy atom. The SMILES string of the molecule is O=C(COC(=O)c1ccc(N2C(=O)CC(NCCN3CCOCC3)C2=O)cc1)c1ccc(F)cc1. The lowest BCUT2D eigenvalue weighted by atomic mass is 10.1. The van der Waals surface area contributed by atoms with Crippen molar-refractivity contribution in [2.24, 2.45) is 0 Å². The van der Waals surface area contributed by atoms with Crippen LogP contribution in [0.4, 0.5) is 10.1 Å². The van der Waals surface area contributed by atoms with E-state index in [0.717, 1.165) is 36.7 Å². The second-order valence-corrected chi connectivity index (χ2v) is 8.29. The number of Topliss-reactive ketones (excluding diaryl/α,β-unsaturated/α-hetero) is 1. The van der Waals surface area contributed by atoms with Gasteiger partial charge in [-0.1, -0.05) is 0 Å². The van der Waals surface area contributed by atoms with Crippen molar-refractivity contribution < 1.29 is 33.0 Å². The van der Waals surface area contributed by atoms with Crippen molar-refractivity contribution >= 4 is 29.3 Å². The highest BCUT2D eigenvalue weighted by Gasteiger charge is 2.39. The first-order chi connectivity index (χ1) is 16.9. The molecule has 10 heteroatoms. The quantitative estimate of drug-likeness (QED) is 0.324. The maximum Gasteiger partial charge on any atom is 0.338 e. The van der Waals surface area contributed by atoms with Gasteiger partial charge in [0.05, 0.1) is 36.9 Å². The number of benzene rings is 2. The number of ether oxygens (including phenoxy) is 2. The van der Waals surface area contributed by atoms with Gasteiger partial charge >= 0.3 is 5.97 Å². The van der Waals surface area contributed by atoms with Crippen molar-refractivity contribution in [3.8, 4) is 0 Å². The van der Waals surface area contributed by atoms with Crippen LogP contribution in [0.2, 0.25) is 0 Å². The molecule has 2 fully saturated rings. The Balaban J connectivity index is 1.28. The molecule has 1 unspecified atom stereocenters. The van der Waals surface area contributed by atoms with Crippen LogP contribution in [0.25, 0.3) is 0 Å². The van der Waals surface area contributed by atoms with Gasteiger partial charge in [-0.05, 0) is 48.5 Å². The van der Waals surface area contributed by atoms with E-state index in [1.807, 2.05) is 0 Å². The lowest BCUT2D eigenvalue weighted by Gasteiger charge is -2.27. The van der Waals surface area contributed by atoms with E-state index >= 15 is 0 Å². The number of hydrogen-bond donors (Lipinski definition) is 1. The van der Waals surface area contributed by atoms with Gasteiger partial charge in [-0.3, -0.25) is 19.3 Å². The molecule has 0 bridgehead atoms. The highest BCUT2D eigenvalue weighted by atomic mass is 19.1. The van der Waals surface area contributed by atoms with Crippen molar-refractivity contribution in [2.75, 3.05) is 50.9 Å². The second kappa shape index (κ2) is 11.3. The average Bonchev–Trinajstić information content (AvgIpc) is 3.16. The van der Waals surface area contributed by atoms with E-state index in [9.17, 15) is 23.6 Å². The van der Waals surface area contributed by atoms with Gasteiger partial charge in [-0.25, -0.2) is 14.1 Å². The Kier molecular flexibility index (Phi) is 7.96. The first-order valence-corrected chi connectivity index (χ1v) is 11.4. The summed E-state index contributed by atoms with van der Waals surface area (Å²) in [6.07, 6.45) is 0.0667. The number of nitrogens with one attached hydrogen (secondary N) is 1. The lowest BCUT2D eigenvalue weighted by Crippen LogP contribution is -2.44. The minimum Gasteiger partial charge on any atom is -0.454 e. The molecule has 1 atom stereocenters. The molecule has 2 aliphatic rings. The molecule has 4 rings (SSSR count). The van der Waals surface area contributed by atoms with Crippen LogP contribution in [0.3, 0.4) is 0 Å². The molecule has 2 aliphatic heterocycles. The number of rotatable bonds is 9. The third kappa shape index (κ3) is 6.16. The summed E-state index contributed by atoms with van der Waals surface area (Å²) in [5, 5.41) is 3.16. The van der Waals surface area contributed by atoms with E-state index in [2.05, 4.69) is 10.2 Å². The number of halogens is 1. The van der Waals surface area contributed by atoms with Crippen LogP contribution in [-0.4, -0.2) is 80.5 Å². The summed E-state index contributed by atoms with van der Waals surface area (Å²) in [6, 6.07) is 10.2. The Labute approximate surface area is 201 Å². The Morgan fingerprint density at radius 3 is 2.34 bits per heavy atom. The van der Waals surface area contributed by atoms with Gasteiger partial charge in [-0.15, -0.1) is 0 Å². The fraction of sp³-hybridized carbons (Fsp3) is 0.360. The molecule has 2 saturated heterocycles. The summed E-state index contributed by atoms with van der Waals surface area (Å²) in [4.78, 5) is 53.0. The maximum absolute atomic E-state index is 13.0. The van der Waals surface area contributed by atoms with Gasteiger partial charge in [0, 0.05) is 31.7 Å². The van der Waals surface area contributed by atoms with E-state index in [1.54, 1.807) is 0 Å². The molecule has 2 aromatic carbocycles. The number of nitrogens with zero attached hydrogens (tertiary/aromatic N) is 2. The molecule has 9 nitrogen and oxygen atoms in total. The number of anilines is 1. The van der Waals surface area contributed by atoms with Gasteiger partial charge in [0.25, 0.3) is 5.91 Å². The predicted molar refractivity (Wildman–Crippen MR) is 124 cm³/mol. The zero-order chi connectivity index (χ0) is 24.8. The van der Waals surface area contributed by atoms with Crippen LogP contribution in [0, 0.1) is 5.82 Å². The third-order valence-electron chi connectivity index (χ3n) is 5.93. The van der Waals surface area contributed by atoms with Crippen molar-refractivity contribution in [2.45, 2.75) is 12.5 Å². The number of carbonyl (C=O) groups is 4. The monoisotopic (exact) mass is 483 g/mol. The van der Waals surface area contributed by atoms with Gasteiger partial charge < -0.3 is 14.8 Å². The van der Waals surface area contributed by atoms with Gasteiger partial charge in [-0.2, -0.15) is 0 Å². The van der Waals surface area contributed by atoms with Crippen LogP contribution in [0.1, 0.15) is 27.1 Å². The Hall–Kier alpha value is -3.47. The molecule has 184 valence electrons. The molecule has 0 saturated carbocycles. The molecule has 0 aromatic heterocycles. The fourth-order valence-electron chi connectivity index (χ4n) is 3.96. The standard InChI is InChI=1S/C25H26FN3O6/c26-19-5-1-17(2-6-19)22(30)16-35-25(33)18-3-7-20(8-4-18)29-23(31)15-21(24(29)32)27-9-10-28-11-13-34-14-12-28/h1-8,21,27H,9-16H2. The normalized spacial score (nSPS) is 18.7. The molecule has 0 radical (unpaired) electrons. The number of ketones is 1. The van der Waals surface area contributed by atoms with E-state index < -0.39 is 30.2 Å². The molecule has 2 heterocycles. The lowest BCUT2D eigenvalue weighted by molar-refractivity contribution is -0.121. The molecule has 0 aliphatic carbocycles. The summed E-state index contributed by atoms with van der Waals surface area (Å²) < 4.78 is 23.3. The summed E-state index contributed by atoms with van der Waals surface area (Å²) in [6.45, 7) is 3.94. The van der Waals surface area contributed by atoms with E-state index in [4.69, 9.17) is 9.47 Å². The number of carbonyl (C=O) groups excluding carboxylic acids is 4. The molecular formula is C25H26FN3O6. The smallest absolute Gasteiger partial charge is 0.338 e. The number of esters is 1. The zero-order valence-electron chi connectivity index (χ0n) is 19.1. The van der Waals surface area contributed by atoms with Crippen LogP contribution >= 0.6 is 0 Å². The number of hydrogen-bond acceptors (Lipinski definition) is 8. The van der Waals surface area contributed by atoms with E-state index in [1.165, 1.54) is 36.4 Å². The number of imide groups is 1. The minimum absolute atomic E-state index is 0.0667. The van der Waals surface area contributed by atoms with Gasteiger partial charge in [0.2, 0.25) is 5.91 Å². The highest BCUT2D eigenvalue weighted by Crippen LogP contribution is 2.23. The topological polar surface area (TPSA) is 105 Å². The molecular weight excluding hydrogens is 457 g/mol. The minimum atomic E-state index is -0.728. The fourth-order valence-corrected chi connectivity index (χ4v) is 3.96. The molecule has 2 amide bonds. The van der Waals surface area contributed by atoms with Crippen molar-refractivity contribution in [3.63, 3.8) is 0 Å². The van der Waals surface area contributed by atoms with Gasteiger partial charge in [0.1, 0.15) is 5.82 Å². The Morgan fingerprint density at radius 1 is 1.00 bits per heavy atom. The molecule has 1 N–H and O–H groups in total. The molecule has 2 aromatic rings. The Bertz CT molecular complexity index is 1080.